The molecule has 3 rings (SSSR count). The number of ether oxygens (including phenoxy) is 2. The molecule has 31 heavy (non-hydrogen) atoms. The highest BCUT2D eigenvalue weighted by atomic mass is 16.5. The van der Waals surface area contributed by atoms with Gasteiger partial charge in [0.05, 0.1) is 12.7 Å². The number of hydrogen-bond donors (Lipinski definition) is 1. The molecule has 1 heterocycles. The third-order valence-corrected chi connectivity index (χ3v) is 5.43. The molecule has 0 aliphatic carbocycles. The minimum absolute atomic E-state index is 0.00889. The Hall–Kier alpha value is -3.06. The molecular weight excluding hydrogens is 394 g/mol. The summed E-state index contributed by atoms with van der Waals surface area (Å²) in [6.07, 6.45) is 0.698. The van der Waals surface area contributed by atoms with Gasteiger partial charge in [0.1, 0.15) is 11.9 Å². The smallest absolute Gasteiger partial charge is 0.406 e. The van der Waals surface area contributed by atoms with Crippen LogP contribution < -0.4 is 10.1 Å². The number of benzene rings is 2. The number of nitrogens with zero attached hydrogens (tertiary/aromatic N) is 2. The molecular formula is C24H31N3O4. The molecule has 1 saturated heterocycles. The zero-order valence-corrected chi connectivity index (χ0v) is 18.3. The van der Waals surface area contributed by atoms with Crippen LogP contribution in [0.2, 0.25) is 0 Å². The molecule has 1 unspecified atom stereocenters. The lowest BCUT2D eigenvalue weighted by atomic mass is 10.1. The first kappa shape index (κ1) is 22.6. The molecule has 0 radical (unpaired) electrons. The molecule has 2 amide bonds. The Bertz CT molecular complexity index is 859. The van der Waals surface area contributed by atoms with E-state index in [2.05, 4.69) is 22.0 Å². The SMILES string of the molecule is COC(=O)NCCC(Oc1ccccc1C(=O)N1CCCN(C)CC1)c1ccccc1. The number of methoxy groups -OCH3 is 1. The van der Waals surface area contributed by atoms with E-state index in [4.69, 9.17) is 4.74 Å². The van der Waals surface area contributed by atoms with Crippen LogP contribution >= 0.6 is 0 Å². The molecule has 166 valence electrons. The fourth-order valence-corrected chi connectivity index (χ4v) is 3.66. The van der Waals surface area contributed by atoms with E-state index in [1.807, 2.05) is 59.5 Å². The van der Waals surface area contributed by atoms with Gasteiger partial charge in [0.2, 0.25) is 0 Å². The summed E-state index contributed by atoms with van der Waals surface area (Å²) in [4.78, 5) is 28.9. The van der Waals surface area contributed by atoms with Crippen molar-refractivity contribution >= 4 is 12.0 Å². The van der Waals surface area contributed by atoms with Gasteiger partial charge >= 0.3 is 6.09 Å². The van der Waals surface area contributed by atoms with Crippen LogP contribution in [-0.2, 0) is 4.74 Å². The van der Waals surface area contributed by atoms with Crippen molar-refractivity contribution in [3.05, 3.63) is 65.7 Å². The van der Waals surface area contributed by atoms with E-state index in [1.165, 1.54) is 7.11 Å². The summed E-state index contributed by atoms with van der Waals surface area (Å²) < 4.78 is 11.0. The zero-order chi connectivity index (χ0) is 22.1. The van der Waals surface area contributed by atoms with Gasteiger partial charge in [-0.1, -0.05) is 42.5 Å². The normalized spacial score (nSPS) is 15.6. The zero-order valence-electron chi connectivity index (χ0n) is 18.3. The quantitative estimate of drug-likeness (QED) is 0.737. The minimum atomic E-state index is -0.478. The van der Waals surface area contributed by atoms with Gasteiger partial charge in [-0.05, 0) is 37.7 Å². The second-order valence-electron chi connectivity index (χ2n) is 7.67. The fourth-order valence-electron chi connectivity index (χ4n) is 3.66. The lowest BCUT2D eigenvalue weighted by Crippen LogP contribution is -2.34. The molecule has 0 bridgehead atoms. The van der Waals surface area contributed by atoms with E-state index < -0.39 is 6.09 Å². The van der Waals surface area contributed by atoms with Crippen LogP contribution in [0.25, 0.3) is 0 Å². The van der Waals surface area contributed by atoms with Gasteiger partial charge in [-0.3, -0.25) is 4.79 Å². The van der Waals surface area contributed by atoms with Crippen molar-refractivity contribution in [3.63, 3.8) is 0 Å². The third kappa shape index (κ3) is 6.46. The first-order valence-electron chi connectivity index (χ1n) is 10.7. The van der Waals surface area contributed by atoms with Crippen molar-refractivity contribution in [2.75, 3.05) is 46.9 Å². The van der Waals surface area contributed by atoms with Crippen molar-refractivity contribution in [2.45, 2.75) is 18.9 Å². The van der Waals surface area contributed by atoms with Gasteiger partial charge in [-0.25, -0.2) is 4.79 Å². The number of carbonyl (C=O) groups is 2. The summed E-state index contributed by atoms with van der Waals surface area (Å²) in [6, 6.07) is 17.2. The molecule has 0 spiro atoms. The van der Waals surface area contributed by atoms with Crippen LogP contribution in [0.3, 0.4) is 0 Å². The van der Waals surface area contributed by atoms with Gasteiger partial charge in [-0.15, -0.1) is 0 Å². The highest BCUT2D eigenvalue weighted by Gasteiger charge is 2.23. The van der Waals surface area contributed by atoms with Crippen LogP contribution in [0.4, 0.5) is 4.79 Å². The van der Waals surface area contributed by atoms with Gasteiger partial charge in [0.15, 0.2) is 0 Å². The van der Waals surface area contributed by atoms with E-state index in [0.717, 1.165) is 31.6 Å². The number of alkyl carbamates (subject to hydrolysis) is 1. The highest BCUT2D eigenvalue weighted by Crippen LogP contribution is 2.28. The standard InChI is InChI=1S/C24H31N3O4/c1-26-15-8-16-27(18-17-26)23(28)20-11-6-7-12-22(20)31-21(13-14-25-24(29)30-2)19-9-4-3-5-10-19/h3-7,9-12,21H,8,13-18H2,1-2H3,(H,25,29). The van der Waals surface area contributed by atoms with Crippen LogP contribution in [0.15, 0.2) is 54.6 Å². The number of amides is 2. The second-order valence-corrected chi connectivity index (χ2v) is 7.67. The lowest BCUT2D eigenvalue weighted by molar-refractivity contribution is 0.0754. The van der Waals surface area contributed by atoms with Crippen molar-refractivity contribution in [1.29, 1.82) is 0 Å². The molecule has 1 atom stereocenters. The minimum Gasteiger partial charge on any atom is -0.485 e. The number of rotatable bonds is 7. The summed E-state index contributed by atoms with van der Waals surface area (Å²) in [5.41, 5.74) is 1.54. The number of carbonyl (C=O) groups excluding carboxylic acids is 2. The third-order valence-electron chi connectivity index (χ3n) is 5.43. The second kappa shape index (κ2) is 11.4. The summed E-state index contributed by atoms with van der Waals surface area (Å²) in [6.45, 7) is 3.68. The van der Waals surface area contributed by atoms with Crippen molar-refractivity contribution in [2.24, 2.45) is 0 Å². The predicted octanol–water partition coefficient (Wildman–Crippen LogP) is 3.33. The Balaban J connectivity index is 1.78. The number of hydrogen-bond acceptors (Lipinski definition) is 5. The van der Waals surface area contributed by atoms with E-state index in [1.54, 1.807) is 0 Å². The van der Waals surface area contributed by atoms with Crippen LogP contribution in [0.1, 0.15) is 34.9 Å². The number of para-hydroxylation sites is 1. The number of likely N-dealkylation sites (N-methyl/N-ethyl adjacent to an activating group) is 1. The molecule has 7 nitrogen and oxygen atoms in total. The summed E-state index contributed by atoms with van der Waals surface area (Å²) in [5.74, 6) is 0.544. The van der Waals surface area contributed by atoms with Crippen molar-refractivity contribution < 1.29 is 19.1 Å². The molecule has 2 aromatic carbocycles. The van der Waals surface area contributed by atoms with Gasteiger partial charge in [0, 0.05) is 32.6 Å². The van der Waals surface area contributed by atoms with E-state index in [0.29, 0.717) is 30.8 Å². The highest BCUT2D eigenvalue weighted by molar-refractivity contribution is 5.97. The topological polar surface area (TPSA) is 71.1 Å². The maximum atomic E-state index is 13.3. The molecule has 0 aromatic heterocycles. The summed E-state index contributed by atoms with van der Waals surface area (Å²) >= 11 is 0. The predicted molar refractivity (Wildman–Crippen MR) is 119 cm³/mol. The molecule has 0 saturated carbocycles. The van der Waals surface area contributed by atoms with Gasteiger partial charge in [-0.2, -0.15) is 0 Å². The van der Waals surface area contributed by atoms with Crippen LogP contribution in [-0.4, -0.2) is 68.7 Å². The van der Waals surface area contributed by atoms with Crippen LogP contribution in [0, 0.1) is 0 Å². The average Bonchev–Trinajstić information content (AvgIpc) is 3.03. The maximum Gasteiger partial charge on any atom is 0.406 e. The molecule has 2 aromatic rings. The molecule has 1 fully saturated rings. The van der Waals surface area contributed by atoms with E-state index in [-0.39, 0.29) is 12.0 Å². The Morgan fingerprint density at radius 2 is 1.74 bits per heavy atom. The molecule has 1 aliphatic heterocycles. The molecule has 1 N–H and O–H groups in total. The Morgan fingerprint density at radius 1 is 1.00 bits per heavy atom. The van der Waals surface area contributed by atoms with Crippen molar-refractivity contribution in [3.8, 4) is 5.75 Å². The molecule has 1 aliphatic rings. The first-order chi connectivity index (χ1) is 15.1. The Labute approximate surface area is 183 Å². The van der Waals surface area contributed by atoms with E-state index in [9.17, 15) is 9.59 Å². The maximum absolute atomic E-state index is 13.3. The number of nitrogens with one attached hydrogen (secondary N) is 1. The van der Waals surface area contributed by atoms with Crippen molar-refractivity contribution in [1.82, 2.24) is 15.1 Å². The van der Waals surface area contributed by atoms with Gasteiger partial charge < -0.3 is 24.6 Å². The van der Waals surface area contributed by atoms with Gasteiger partial charge in [0.25, 0.3) is 5.91 Å². The largest absolute Gasteiger partial charge is 0.485 e. The fraction of sp³-hybridized carbons (Fsp3) is 0.417. The molecule has 7 heteroatoms. The van der Waals surface area contributed by atoms with Crippen LogP contribution in [0.5, 0.6) is 5.75 Å². The lowest BCUT2D eigenvalue weighted by Gasteiger charge is -2.24. The summed E-state index contributed by atoms with van der Waals surface area (Å²) in [5, 5.41) is 2.70. The first-order valence-corrected chi connectivity index (χ1v) is 10.7. The summed E-state index contributed by atoms with van der Waals surface area (Å²) in [7, 11) is 3.42. The monoisotopic (exact) mass is 425 g/mol. The van der Waals surface area contributed by atoms with E-state index >= 15 is 0 Å². The average molecular weight is 426 g/mol. The Morgan fingerprint density at radius 3 is 2.52 bits per heavy atom. The Kier molecular flexibility index (Phi) is 8.29.